The number of piperazine rings is 1. The van der Waals surface area contributed by atoms with Crippen LogP contribution in [0.5, 0.6) is 0 Å². The first kappa shape index (κ1) is 32.1. The number of halogens is 4. The van der Waals surface area contributed by atoms with E-state index in [1.165, 1.54) is 23.5 Å². The molecular formula is C34H34F4N8O. The van der Waals surface area contributed by atoms with Gasteiger partial charge in [0, 0.05) is 67.5 Å². The molecule has 0 amide bonds. The van der Waals surface area contributed by atoms with Crippen molar-refractivity contribution in [1.82, 2.24) is 30.1 Å². The Morgan fingerprint density at radius 1 is 0.809 bits per heavy atom. The van der Waals surface area contributed by atoms with E-state index < -0.39 is 41.0 Å². The van der Waals surface area contributed by atoms with E-state index in [9.17, 15) is 13.9 Å². The molecular weight excluding hydrogens is 612 g/mol. The van der Waals surface area contributed by atoms with E-state index in [1.807, 2.05) is 24.3 Å². The summed E-state index contributed by atoms with van der Waals surface area (Å²) in [5.41, 5.74) is 0.0636. The van der Waals surface area contributed by atoms with Gasteiger partial charge in [0.15, 0.2) is 5.60 Å². The Hall–Kier alpha value is -4.88. The molecule has 244 valence electrons. The van der Waals surface area contributed by atoms with Crippen LogP contribution >= 0.6 is 0 Å². The van der Waals surface area contributed by atoms with Crippen LogP contribution in [0.1, 0.15) is 16.8 Å². The molecule has 0 bridgehead atoms. The van der Waals surface area contributed by atoms with Gasteiger partial charge in [0.25, 0.3) is 0 Å². The maximum Gasteiger partial charge on any atom is 0.323 e. The molecule has 13 heteroatoms. The summed E-state index contributed by atoms with van der Waals surface area (Å²) in [5, 5.41) is 21.7. The third kappa shape index (κ3) is 6.67. The van der Waals surface area contributed by atoms with Crippen LogP contribution < -0.4 is 9.80 Å². The fraction of sp³-hybridized carbons (Fsp3) is 0.294. The van der Waals surface area contributed by atoms with Crippen molar-refractivity contribution < 1.29 is 22.7 Å². The van der Waals surface area contributed by atoms with E-state index >= 15 is 8.78 Å². The molecule has 0 radical (unpaired) electrons. The van der Waals surface area contributed by atoms with Gasteiger partial charge in [-0.05, 0) is 78.1 Å². The summed E-state index contributed by atoms with van der Waals surface area (Å²) in [5.74, 6) is -6.44. The lowest BCUT2D eigenvalue weighted by Gasteiger charge is -2.37. The molecule has 1 atom stereocenters. The normalized spacial score (nSPS) is 15.2. The second-order valence-electron chi connectivity index (χ2n) is 11.9. The van der Waals surface area contributed by atoms with E-state index in [0.717, 1.165) is 73.2 Å². The minimum atomic E-state index is -4.13. The van der Waals surface area contributed by atoms with Crippen LogP contribution in [0.15, 0.2) is 91.4 Å². The maximum absolute atomic E-state index is 16.1. The van der Waals surface area contributed by atoms with Gasteiger partial charge in [-0.3, -0.25) is 4.98 Å². The molecule has 1 fully saturated rings. The molecule has 1 aliphatic rings. The van der Waals surface area contributed by atoms with Crippen molar-refractivity contribution in [3.05, 3.63) is 120 Å². The van der Waals surface area contributed by atoms with Crippen LogP contribution in [0.3, 0.4) is 0 Å². The molecule has 3 aromatic carbocycles. The first-order chi connectivity index (χ1) is 22.5. The molecule has 1 aliphatic heterocycles. The van der Waals surface area contributed by atoms with Crippen LogP contribution in [0.25, 0.3) is 11.1 Å². The lowest BCUT2D eigenvalue weighted by Crippen LogP contribution is -2.48. The minimum Gasteiger partial charge on any atom is -0.377 e. The summed E-state index contributed by atoms with van der Waals surface area (Å²) in [7, 11) is 4.11. The number of pyridine rings is 1. The molecule has 1 saturated heterocycles. The van der Waals surface area contributed by atoms with Crippen molar-refractivity contribution in [1.29, 1.82) is 0 Å². The van der Waals surface area contributed by atoms with E-state index in [2.05, 4.69) is 73.6 Å². The van der Waals surface area contributed by atoms with Crippen LogP contribution in [0.4, 0.5) is 28.9 Å². The zero-order valence-electron chi connectivity index (χ0n) is 25.9. The number of tetrazole rings is 1. The lowest BCUT2D eigenvalue weighted by atomic mass is 9.84. The molecule has 2 aromatic heterocycles. The summed E-state index contributed by atoms with van der Waals surface area (Å²) in [6.07, 6.45) is 2.28. The van der Waals surface area contributed by atoms with Crippen LogP contribution in [0.2, 0.25) is 0 Å². The first-order valence-electron chi connectivity index (χ1n) is 15.1. The van der Waals surface area contributed by atoms with Gasteiger partial charge in [0.2, 0.25) is 0 Å². The molecule has 0 saturated carbocycles. The summed E-state index contributed by atoms with van der Waals surface area (Å²) < 4.78 is 61.4. The molecule has 5 aromatic rings. The van der Waals surface area contributed by atoms with Crippen molar-refractivity contribution in [3.63, 3.8) is 0 Å². The molecule has 1 unspecified atom stereocenters. The Morgan fingerprint density at radius 2 is 1.43 bits per heavy atom. The Bertz CT molecular complexity index is 1780. The molecule has 6 rings (SSSR count). The average Bonchev–Trinajstić information content (AvgIpc) is 3.58. The Balaban J connectivity index is 1.15. The highest BCUT2D eigenvalue weighted by Crippen LogP contribution is 2.47. The van der Waals surface area contributed by atoms with Crippen molar-refractivity contribution in [2.24, 2.45) is 0 Å². The SMILES string of the molecule is CN(C)Cc1ccc(N2CCN(c3ccc(-c4ccc(C(F)(F)C(O)(Cn5cnnn5)c5ccc(F)cc5F)nc4)cc3)CC2)cc1. The van der Waals surface area contributed by atoms with Crippen molar-refractivity contribution >= 4 is 11.4 Å². The topological polar surface area (TPSA) is 86.4 Å². The highest BCUT2D eigenvalue weighted by atomic mass is 19.3. The lowest BCUT2D eigenvalue weighted by molar-refractivity contribution is -0.207. The van der Waals surface area contributed by atoms with Crippen molar-refractivity contribution in [2.45, 2.75) is 24.6 Å². The van der Waals surface area contributed by atoms with Gasteiger partial charge >= 0.3 is 5.92 Å². The summed E-state index contributed by atoms with van der Waals surface area (Å²) in [4.78, 5) is 10.8. The number of benzene rings is 3. The fourth-order valence-corrected chi connectivity index (χ4v) is 5.89. The van der Waals surface area contributed by atoms with Crippen LogP contribution in [-0.2, 0) is 24.6 Å². The van der Waals surface area contributed by atoms with E-state index in [1.54, 1.807) is 0 Å². The van der Waals surface area contributed by atoms with Gasteiger partial charge in [-0.1, -0.05) is 30.3 Å². The van der Waals surface area contributed by atoms with E-state index in [-0.39, 0.29) is 0 Å². The summed E-state index contributed by atoms with van der Waals surface area (Å²) in [6.45, 7) is 3.46. The Labute approximate surface area is 269 Å². The number of alkyl halides is 2. The molecule has 47 heavy (non-hydrogen) atoms. The van der Waals surface area contributed by atoms with Gasteiger partial charge in [-0.25, -0.2) is 13.5 Å². The number of hydrogen-bond acceptors (Lipinski definition) is 8. The standard InChI is InChI=1S/C34H34F4N8O/c1-43(2)21-24-3-9-28(10-4-24)44-15-17-45(18-16-44)29-11-5-25(6-12-29)26-7-14-32(39-20-26)34(37,38)33(47,22-46-23-40-41-42-46)30-13-8-27(35)19-31(30)36/h3-14,19-20,23,47H,15-18,21-22H2,1-2H3. The largest absolute Gasteiger partial charge is 0.377 e. The molecule has 0 aliphatic carbocycles. The monoisotopic (exact) mass is 646 g/mol. The molecule has 1 N–H and O–H groups in total. The van der Waals surface area contributed by atoms with Crippen molar-refractivity contribution in [3.8, 4) is 11.1 Å². The van der Waals surface area contributed by atoms with E-state index in [4.69, 9.17) is 0 Å². The zero-order valence-corrected chi connectivity index (χ0v) is 25.9. The number of nitrogens with zero attached hydrogens (tertiary/aromatic N) is 8. The van der Waals surface area contributed by atoms with Crippen LogP contribution in [0, 0.1) is 11.6 Å². The predicted molar refractivity (Wildman–Crippen MR) is 170 cm³/mol. The molecule has 3 heterocycles. The number of anilines is 2. The second-order valence-corrected chi connectivity index (χ2v) is 11.9. The van der Waals surface area contributed by atoms with Gasteiger partial charge in [-0.15, -0.1) is 5.10 Å². The number of aromatic nitrogens is 5. The van der Waals surface area contributed by atoms with Gasteiger partial charge in [0.05, 0.1) is 6.54 Å². The zero-order chi connectivity index (χ0) is 33.2. The number of rotatable bonds is 10. The predicted octanol–water partition coefficient (Wildman–Crippen LogP) is 5.08. The summed E-state index contributed by atoms with van der Waals surface area (Å²) >= 11 is 0. The third-order valence-electron chi connectivity index (χ3n) is 8.41. The average molecular weight is 647 g/mol. The first-order valence-corrected chi connectivity index (χ1v) is 15.1. The minimum absolute atomic E-state index is 0.432. The second kappa shape index (κ2) is 13.1. The number of hydrogen-bond donors (Lipinski definition) is 1. The summed E-state index contributed by atoms with van der Waals surface area (Å²) in [6, 6.07) is 21.0. The quantitative estimate of drug-likeness (QED) is 0.211. The smallest absolute Gasteiger partial charge is 0.323 e. The van der Waals surface area contributed by atoms with Gasteiger partial charge in [-0.2, -0.15) is 8.78 Å². The molecule has 0 spiro atoms. The van der Waals surface area contributed by atoms with Crippen molar-refractivity contribution in [2.75, 3.05) is 50.1 Å². The highest BCUT2D eigenvalue weighted by Gasteiger charge is 2.58. The van der Waals surface area contributed by atoms with Gasteiger partial charge in [0.1, 0.15) is 23.7 Å². The van der Waals surface area contributed by atoms with Crippen LogP contribution in [-0.4, -0.2) is 75.5 Å². The fourth-order valence-electron chi connectivity index (χ4n) is 5.89. The molecule has 9 nitrogen and oxygen atoms in total. The van der Waals surface area contributed by atoms with Gasteiger partial charge < -0.3 is 19.8 Å². The Morgan fingerprint density at radius 3 is 1.96 bits per heavy atom. The number of aliphatic hydroxyl groups is 1. The van der Waals surface area contributed by atoms with E-state index in [0.29, 0.717) is 11.6 Å². The Kier molecular flexibility index (Phi) is 8.93. The highest BCUT2D eigenvalue weighted by molar-refractivity contribution is 5.66. The maximum atomic E-state index is 16.1. The third-order valence-corrected chi connectivity index (χ3v) is 8.41.